The van der Waals surface area contributed by atoms with E-state index in [1.165, 1.54) is 6.26 Å². The number of carbonyl (C=O) groups is 1. The third-order valence-corrected chi connectivity index (χ3v) is 3.59. The summed E-state index contributed by atoms with van der Waals surface area (Å²) in [5, 5.41) is 8.13. The maximum Gasteiger partial charge on any atom is 0.276 e. The molecule has 0 bridgehead atoms. The van der Waals surface area contributed by atoms with Crippen molar-refractivity contribution in [3.8, 4) is 0 Å². The molecule has 7 heteroatoms. The van der Waals surface area contributed by atoms with Crippen LogP contribution in [0.4, 0.5) is 0 Å². The normalized spacial score (nSPS) is 19.3. The zero-order chi connectivity index (χ0) is 14.1. The van der Waals surface area contributed by atoms with Gasteiger partial charge in [-0.25, -0.2) is 9.67 Å². The Morgan fingerprint density at radius 2 is 2.30 bits per heavy atom. The molecule has 3 rings (SSSR count). The molecule has 0 aliphatic carbocycles. The largest absolute Gasteiger partial charge is 0.364 e. The molecule has 0 N–H and O–H groups in total. The summed E-state index contributed by atoms with van der Waals surface area (Å²) in [4.78, 5) is 18.4. The fourth-order valence-electron chi connectivity index (χ4n) is 2.71. The van der Waals surface area contributed by atoms with Crippen LogP contribution in [0.15, 0.2) is 16.9 Å². The monoisotopic (exact) mass is 275 g/mol. The van der Waals surface area contributed by atoms with Gasteiger partial charge in [0.1, 0.15) is 17.9 Å². The standard InChI is InChI=1S/C13H17N5O2/c1-9-14-10(2)18(15-9)11-4-3-6-17(8-11)13(19)12-5-7-20-16-12/h5,7,11H,3-4,6,8H2,1-2H3/t11-/m1/s1. The second-order valence-corrected chi connectivity index (χ2v) is 5.08. The molecule has 0 aromatic carbocycles. The van der Waals surface area contributed by atoms with Crippen molar-refractivity contribution < 1.29 is 9.32 Å². The lowest BCUT2D eigenvalue weighted by Crippen LogP contribution is -2.41. The topological polar surface area (TPSA) is 77.0 Å². The number of amides is 1. The average Bonchev–Trinajstić information content (AvgIpc) is 3.08. The lowest BCUT2D eigenvalue weighted by Gasteiger charge is -2.32. The molecule has 2 aromatic heterocycles. The number of rotatable bonds is 2. The number of carbonyl (C=O) groups excluding carboxylic acids is 1. The van der Waals surface area contributed by atoms with Crippen LogP contribution in [0.25, 0.3) is 0 Å². The molecule has 1 atom stereocenters. The maximum absolute atomic E-state index is 12.3. The summed E-state index contributed by atoms with van der Waals surface area (Å²) in [5.41, 5.74) is 0.358. The number of aromatic nitrogens is 4. The first-order chi connectivity index (χ1) is 9.65. The van der Waals surface area contributed by atoms with Gasteiger partial charge in [-0.3, -0.25) is 4.79 Å². The van der Waals surface area contributed by atoms with Crippen molar-refractivity contribution in [3.63, 3.8) is 0 Å². The van der Waals surface area contributed by atoms with Crippen LogP contribution >= 0.6 is 0 Å². The predicted molar refractivity (Wildman–Crippen MR) is 70.2 cm³/mol. The van der Waals surface area contributed by atoms with Gasteiger partial charge in [0.25, 0.3) is 5.91 Å². The first-order valence-corrected chi connectivity index (χ1v) is 6.74. The van der Waals surface area contributed by atoms with E-state index in [-0.39, 0.29) is 11.9 Å². The van der Waals surface area contributed by atoms with Crippen molar-refractivity contribution in [2.45, 2.75) is 32.7 Å². The van der Waals surface area contributed by atoms with E-state index in [9.17, 15) is 4.79 Å². The maximum atomic E-state index is 12.3. The van der Waals surface area contributed by atoms with Gasteiger partial charge in [-0.05, 0) is 26.7 Å². The molecule has 106 valence electrons. The third-order valence-electron chi connectivity index (χ3n) is 3.59. The highest BCUT2D eigenvalue weighted by Gasteiger charge is 2.28. The Kier molecular flexibility index (Phi) is 3.25. The molecule has 0 unspecified atom stereocenters. The number of aryl methyl sites for hydroxylation is 2. The number of piperidine rings is 1. The van der Waals surface area contributed by atoms with E-state index in [0.717, 1.165) is 31.0 Å². The molecule has 3 heterocycles. The molecule has 1 aliphatic heterocycles. The summed E-state index contributed by atoms with van der Waals surface area (Å²) >= 11 is 0. The van der Waals surface area contributed by atoms with Crippen molar-refractivity contribution >= 4 is 5.91 Å². The summed E-state index contributed by atoms with van der Waals surface area (Å²) in [6, 6.07) is 1.78. The van der Waals surface area contributed by atoms with Crippen molar-refractivity contribution in [2.75, 3.05) is 13.1 Å². The van der Waals surface area contributed by atoms with Gasteiger partial charge < -0.3 is 9.42 Å². The first-order valence-electron chi connectivity index (χ1n) is 6.74. The van der Waals surface area contributed by atoms with Gasteiger partial charge in [-0.15, -0.1) is 0 Å². The molecular formula is C13H17N5O2. The van der Waals surface area contributed by atoms with Crippen LogP contribution in [0.2, 0.25) is 0 Å². The summed E-state index contributed by atoms with van der Waals surface area (Å²) in [6.07, 6.45) is 3.37. The van der Waals surface area contributed by atoms with E-state index in [1.54, 1.807) is 6.07 Å². The van der Waals surface area contributed by atoms with Crippen LogP contribution < -0.4 is 0 Å². The van der Waals surface area contributed by atoms with Gasteiger partial charge in [-0.1, -0.05) is 5.16 Å². The van der Waals surface area contributed by atoms with Crippen LogP contribution in [0.1, 0.15) is 41.0 Å². The quantitative estimate of drug-likeness (QED) is 0.827. The number of hydrogen-bond acceptors (Lipinski definition) is 5. The highest BCUT2D eigenvalue weighted by atomic mass is 16.5. The highest BCUT2D eigenvalue weighted by molar-refractivity contribution is 5.92. The molecule has 1 amide bonds. The van der Waals surface area contributed by atoms with Gasteiger partial charge in [0.2, 0.25) is 0 Å². The fraction of sp³-hybridized carbons (Fsp3) is 0.538. The zero-order valence-electron chi connectivity index (χ0n) is 11.6. The Bertz CT molecular complexity index is 604. The predicted octanol–water partition coefficient (Wildman–Crippen LogP) is 1.36. The first kappa shape index (κ1) is 12.8. The molecular weight excluding hydrogens is 258 g/mol. The van der Waals surface area contributed by atoms with E-state index >= 15 is 0 Å². The lowest BCUT2D eigenvalue weighted by molar-refractivity contribution is 0.0661. The summed E-state index contributed by atoms with van der Waals surface area (Å²) in [6.45, 7) is 5.20. The Labute approximate surface area is 116 Å². The Balaban J connectivity index is 1.77. The second kappa shape index (κ2) is 5.07. The van der Waals surface area contributed by atoms with Crippen LogP contribution in [0.5, 0.6) is 0 Å². The zero-order valence-corrected chi connectivity index (χ0v) is 11.6. The van der Waals surface area contributed by atoms with Gasteiger partial charge >= 0.3 is 0 Å². The van der Waals surface area contributed by atoms with Gasteiger partial charge in [0.15, 0.2) is 5.69 Å². The molecule has 0 spiro atoms. The summed E-state index contributed by atoms with van der Waals surface area (Å²) in [7, 11) is 0. The van der Waals surface area contributed by atoms with E-state index in [4.69, 9.17) is 4.52 Å². The minimum Gasteiger partial charge on any atom is -0.364 e. The fourth-order valence-corrected chi connectivity index (χ4v) is 2.71. The van der Waals surface area contributed by atoms with Crippen LogP contribution in [-0.4, -0.2) is 43.8 Å². The van der Waals surface area contributed by atoms with E-state index in [2.05, 4.69) is 15.2 Å². The molecule has 2 aromatic rings. The van der Waals surface area contributed by atoms with Crippen LogP contribution in [-0.2, 0) is 0 Å². The molecule has 1 saturated heterocycles. The molecule has 7 nitrogen and oxygen atoms in total. The SMILES string of the molecule is Cc1nc(C)n([C@@H]2CCCN(C(=O)c3ccon3)C2)n1. The molecule has 1 aliphatic rings. The smallest absolute Gasteiger partial charge is 0.276 e. The summed E-state index contributed by atoms with van der Waals surface area (Å²) < 4.78 is 6.66. The summed E-state index contributed by atoms with van der Waals surface area (Å²) in [5.74, 6) is 1.57. The second-order valence-electron chi connectivity index (χ2n) is 5.08. The van der Waals surface area contributed by atoms with Crippen LogP contribution in [0.3, 0.4) is 0 Å². The molecule has 0 saturated carbocycles. The van der Waals surface area contributed by atoms with Gasteiger partial charge in [-0.2, -0.15) is 5.10 Å². The highest BCUT2D eigenvalue weighted by Crippen LogP contribution is 2.23. The number of hydrogen-bond donors (Lipinski definition) is 0. The van der Waals surface area contributed by atoms with Crippen molar-refractivity contribution in [3.05, 3.63) is 29.7 Å². The molecule has 1 fully saturated rings. The van der Waals surface area contributed by atoms with Crippen LogP contribution in [0, 0.1) is 13.8 Å². The molecule has 20 heavy (non-hydrogen) atoms. The Morgan fingerprint density at radius 1 is 1.45 bits per heavy atom. The lowest BCUT2D eigenvalue weighted by atomic mass is 10.1. The van der Waals surface area contributed by atoms with Crippen molar-refractivity contribution in [1.82, 2.24) is 24.8 Å². The van der Waals surface area contributed by atoms with Gasteiger partial charge in [0, 0.05) is 19.2 Å². The molecule has 0 radical (unpaired) electrons. The Morgan fingerprint density at radius 3 is 2.95 bits per heavy atom. The minimum atomic E-state index is -0.0852. The Hall–Kier alpha value is -2.18. The van der Waals surface area contributed by atoms with Crippen molar-refractivity contribution in [1.29, 1.82) is 0 Å². The van der Waals surface area contributed by atoms with E-state index in [1.807, 2.05) is 23.4 Å². The van der Waals surface area contributed by atoms with E-state index in [0.29, 0.717) is 12.2 Å². The number of nitrogens with zero attached hydrogens (tertiary/aromatic N) is 5. The number of likely N-dealkylation sites (tertiary alicyclic amines) is 1. The third kappa shape index (κ3) is 2.31. The van der Waals surface area contributed by atoms with E-state index < -0.39 is 0 Å². The van der Waals surface area contributed by atoms with Crippen molar-refractivity contribution in [2.24, 2.45) is 0 Å². The average molecular weight is 275 g/mol. The minimum absolute atomic E-state index is 0.0852. The van der Waals surface area contributed by atoms with Gasteiger partial charge in [0.05, 0.1) is 6.04 Å².